The maximum atomic E-state index is 13.2. The zero-order valence-electron chi connectivity index (χ0n) is 24.2. The zero-order chi connectivity index (χ0) is 28.5. The minimum atomic E-state index is -3.32. The Balaban J connectivity index is 1.29. The van der Waals surface area contributed by atoms with Crippen molar-refractivity contribution >= 4 is 21.7 Å². The summed E-state index contributed by atoms with van der Waals surface area (Å²) in [6.45, 7) is 7.74. The SMILES string of the molecule is CCCCN(C(=O)NC1CCCCC1)C1CCN(Cc2ccc(Oc3ccc(NS(C)(=O)=O)cc3)nc2C)CC1. The topological polar surface area (TPSA) is 104 Å². The molecule has 1 aliphatic carbocycles. The molecule has 9 nitrogen and oxygen atoms in total. The largest absolute Gasteiger partial charge is 0.439 e. The summed E-state index contributed by atoms with van der Waals surface area (Å²) in [7, 11) is -3.32. The molecule has 0 atom stereocenters. The van der Waals surface area contributed by atoms with E-state index in [1.807, 2.05) is 13.0 Å². The van der Waals surface area contributed by atoms with E-state index in [9.17, 15) is 13.2 Å². The van der Waals surface area contributed by atoms with Crippen molar-refractivity contribution in [3.8, 4) is 11.6 Å². The third-order valence-corrected chi connectivity index (χ3v) is 8.49. The fourth-order valence-electron chi connectivity index (χ4n) is 5.63. The maximum Gasteiger partial charge on any atom is 0.317 e. The van der Waals surface area contributed by atoms with E-state index in [1.165, 1.54) is 19.3 Å². The van der Waals surface area contributed by atoms with Crippen molar-refractivity contribution < 1.29 is 17.9 Å². The summed E-state index contributed by atoms with van der Waals surface area (Å²) in [5.41, 5.74) is 2.57. The molecule has 0 bridgehead atoms. The Morgan fingerprint density at radius 1 is 1.05 bits per heavy atom. The highest BCUT2D eigenvalue weighted by Crippen LogP contribution is 2.25. The Labute approximate surface area is 239 Å². The number of carbonyl (C=O) groups is 1. The van der Waals surface area contributed by atoms with Crippen LogP contribution in [0.5, 0.6) is 11.6 Å². The number of nitrogens with one attached hydrogen (secondary N) is 2. The summed E-state index contributed by atoms with van der Waals surface area (Å²) < 4.78 is 31.1. The van der Waals surface area contributed by atoms with Gasteiger partial charge in [-0.15, -0.1) is 0 Å². The van der Waals surface area contributed by atoms with Gasteiger partial charge in [-0.3, -0.25) is 9.62 Å². The van der Waals surface area contributed by atoms with E-state index >= 15 is 0 Å². The van der Waals surface area contributed by atoms with Crippen LogP contribution in [0, 0.1) is 6.92 Å². The number of anilines is 1. The molecule has 2 fully saturated rings. The standard InChI is InChI=1S/C30H45N5O4S/c1-4-5-19-35(30(36)32-25-9-7-6-8-10-25)27-17-20-34(21-18-27)22-24-11-16-29(31-23(24)2)39-28-14-12-26(13-15-28)33-40(3,37)38/h11-16,25,27,33H,4-10,17-22H2,1-3H3,(H,32,36). The molecule has 4 rings (SSSR count). The predicted octanol–water partition coefficient (Wildman–Crippen LogP) is 5.66. The van der Waals surface area contributed by atoms with Crippen LogP contribution in [0.15, 0.2) is 36.4 Å². The number of carbonyl (C=O) groups excluding carboxylic acids is 1. The number of nitrogens with zero attached hydrogens (tertiary/aromatic N) is 3. The Bertz CT molecular complexity index is 1210. The van der Waals surface area contributed by atoms with Crippen LogP contribution in [0.3, 0.4) is 0 Å². The Kier molecular flexibility index (Phi) is 10.7. The number of aryl methyl sites for hydroxylation is 1. The van der Waals surface area contributed by atoms with Crippen molar-refractivity contribution in [1.29, 1.82) is 0 Å². The molecule has 1 saturated heterocycles. The van der Waals surface area contributed by atoms with E-state index in [0.29, 0.717) is 29.4 Å². The summed E-state index contributed by atoms with van der Waals surface area (Å²) in [4.78, 5) is 22.4. The molecule has 2 aromatic rings. The average Bonchev–Trinajstić information content (AvgIpc) is 2.92. The molecule has 40 heavy (non-hydrogen) atoms. The molecule has 2 aliphatic rings. The van der Waals surface area contributed by atoms with Crippen LogP contribution in [-0.4, -0.2) is 67.2 Å². The number of amides is 2. The molecule has 1 aromatic carbocycles. The van der Waals surface area contributed by atoms with Gasteiger partial charge in [0.05, 0.1) is 6.26 Å². The van der Waals surface area contributed by atoms with Gasteiger partial charge in [0.1, 0.15) is 5.75 Å². The van der Waals surface area contributed by atoms with Crippen LogP contribution >= 0.6 is 0 Å². The molecule has 220 valence electrons. The van der Waals surface area contributed by atoms with Gasteiger partial charge in [-0.05, 0) is 68.9 Å². The number of unbranched alkanes of at least 4 members (excludes halogenated alkanes) is 1. The van der Waals surface area contributed by atoms with Gasteiger partial charge in [-0.1, -0.05) is 38.7 Å². The summed E-state index contributed by atoms with van der Waals surface area (Å²) in [6.07, 6.45) is 11.2. The fourth-order valence-corrected chi connectivity index (χ4v) is 6.19. The van der Waals surface area contributed by atoms with Crippen molar-refractivity contribution in [3.05, 3.63) is 47.7 Å². The summed E-state index contributed by atoms with van der Waals surface area (Å²) in [5, 5.41) is 3.34. The first-order valence-electron chi connectivity index (χ1n) is 14.7. The lowest BCUT2D eigenvalue weighted by Crippen LogP contribution is -2.53. The van der Waals surface area contributed by atoms with E-state index in [4.69, 9.17) is 4.74 Å². The third kappa shape index (κ3) is 9.09. The minimum Gasteiger partial charge on any atom is -0.439 e. The molecule has 10 heteroatoms. The number of aromatic nitrogens is 1. The van der Waals surface area contributed by atoms with E-state index < -0.39 is 10.0 Å². The second-order valence-corrected chi connectivity index (χ2v) is 13.0. The van der Waals surface area contributed by atoms with Crippen LogP contribution in [-0.2, 0) is 16.6 Å². The number of pyridine rings is 1. The van der Waals surface area contributed by atoms with Gasteiger partial charge in [0.2, 0.25) is 15.9 Å². The molecule has 0 spiro atoms. The first-order valence-corrected chi connectivity index (χ1v) is 16.6. The van der Waals surface area contributed by atoms with E-state index in [0.717, 1.165) is 82.2 Å². The molecule has 0 unspecified atom stereocenters. The highest BCUT2D eigenvalue weighted by molar-refractivity contribution is 7.92. The van der Waals surface area contributed by atoms with E-state index in [1.54, 1.807) is 24.3 Å². The normalized spacial score (nSPS) is 17.4. The van der Waals surface area contributed by atoms with Gasteiger partial charge in [0.25, 0.3) is 0 Å². The monoisotopic (exact) mass is 571 g/mol. The van der Waals surface area contributed by atoms with Gasteiger partial charge >= 0.3 is 6.03 Å². The van der Waals surface area contributed by atoms with Crippen molar-refractivity contribution in [2.45, 2.75) is 90.3 Å². The molecule has 2 amide bonds. The molecular weight excluding hydrogens is 526 g/mol. The number of sulfonamides is 1. The molecular formula is C30H45N5O4S. The highest BCUT2D eigenvalue weighted by atomic mass is 32.2. The molecule has 2 N–H and O–H groups in total. The molecule has 0 radical (unpaired) electrons. The molecule has 2 heterocycles. The number of benzene rings is 1. The lowest BCUT2D eigenvalue weighted by Gasteiger charge is -2.39. The first-order chi connectivity index (χ1) is 19.2. The van der Waals surface area contributed by atoms with Crippen LogP contribution in [0.25, 0.3) is 0 Å². The van der Waals surface area contributed by atoms with Crippen molar-refractivity contribution in [3.63, 3.8) is 0 Å². The molecule has 1 saturated carbocycles. The van der Waals surface area contributed by atoms with Crippen LogP contribution < -0.4 is 14.8 Å². The van der Waals surface area contributed by atoms with Crippen molar-refractivity contribution in [1.82, 2.24) is 20.1 Å². The predicted molar refractivity (Wildman–Crippen MR) is 159 cm³/mol. The Morgan fingerprint density at radius 2 is 1.75 bits per heavy atom. The summed E-state index contributed by atoms with van der Waals surface area (Å²) >= 11 is 0. The quantitative estimate of drug-likeness (QED) is 0.361. The van der Waals surface area contributed by atoms with Gasteiger partial charge in [-0.25, -0.2) is 18.2 Å². The lowest BCUT2D eigenvalue weighted by molar-refractivity contribution is 0.113. The second-order valence-electron chi connectivity index (χ2n) is 11.2. The first kappa shape index (κ1) is 30.1. The number of rotatable bonds is 11. The number of hydrogen-bond acceptors (Lipinski definition) is 6. The van der Waals surface area contributed by atoms with Crippen LogP contribution in [0.2, 0.25) is 0 Å². The summed E-state index contributed by atoms with van der Waals surface area (Å²) in [6, 6.07) is 11.4. The smallest absolute Gasteiger partial charge is 0.317 e. The zero-order valence-corrected chi connectivity index (χ0v) is 25.0. The summed E-state index contributed by atoms with van der Waals surface area (Å²) in [5.74, 6) is 1.08. The number of ether oxygens (including phenoxy) is 1. The number of urea groups is 1. The van der Waals surface area contributed by atoms with Gasteiger partial charge < -0.3 is 15.0 Å². The van der Waals surface area contributed by atoms with Crippen LogP contribution in [0.1, 0.15) is 76.0 Å². The number of hydrogen-bond donors (Lipinski definition) is 2. The minimum absolute atomic E-state index is 0.135. The van der Waals surface area contributed by atoms with Gasteiger partial charge in [0.15, 0.2) is 0 Å². The lowest BCUT2D eigenvalue weighted by atomic mass is 9.95. The van der Waals surface area contributed by atoms with Crippen LogP contribution in [0.4, 0.5) is 10.5 Å². The number of piperidine rings is 1. The maximum absolute atomic E-state index is 13.2. The molecule has 1 aliphatic heterocycles. The Hall–Kier alpha value is -2.85. The molecule has 1 aromatic heterocycles. The third-order valence-electron chi connectivity index (χ3n) is 7.89. The fraction of sp³-hybridized carbons (Fsp3) is 0.600. The van der Waals surface area contributed by atoms with Gasteiger partial charge in [-0.2, -0.15) is 0 Å². The van der Waals surface area contributed by atoms with Crippen molar-refractivity contribution in [2.75, 3.05) is 30.6 Å². The average molecular weight is 572 g/mol. The Morgan fingerprint density at radius 3 is 2.38 bits per heavy atom. The van der Waals surface area contributed by atoms with E-state index in [-0.39, 0.29) is 6.03 Å². The van der Waals surface area contributed by atoms with E-state index in [2.05, 4.69) is 37.8 Å². The van der Waals surface area contributed by atoms with Gasteiger partial charge in [0, 0.05) is 55.7 Å². The second kappa shape index (κ2) is 14.2. The van der Waals surface area contributed by atoms with Crippen molar-refractivity contribution in [2.24, 2.45) is 0 Å². The number of likely N-dealkylation sites (tertiary alicyclic amines) is 1. The highest BCUT2D eigenvalue weighted by Gasteiger charge is 2.29.